The molecule has 1 aliphatic heterocycles. The van der Waals surface area contributed by atoms with Gasteiger partial charge in [-0.05, 0) is 25.5 Å². The van der Waals surface area contributed by atoms with Gasteiger partial charge in [-0.15, -0.1) is 11.3 Å². The summed E-state index contributed by atoms with van der Waals surface area (Å²) in [6.07, 6.45) is 1.85. The topological polar surface area (TPSA) is 48.1 Å². The van der Waals surface area contributed by atoms with Crippen molar-refractivity contribution in [3.8, 4) is 0 Å². The monoisotopic (exact) mass is 248 g/mol. The molecule has 0 aliphatic carbocycles. The van der Waals surface area contributed by atoms with Crippen LogP contribution in [0.3, 0.4) is 0 Å². The van der Waals surface area contributed by atoms with E-state index in [4.69, 9.17) is 10.5 Å². The predicted molar refractivity (Wildman–Crippen MR) is 70.3 cm³/mol. The third kappa shape index (κ3) is 1.97. The summed E-state index contributed by atoms with van der Waals surface area (Å²) in [5.41, 5.74) is 7.23. The maximum Gasteiger partial charge on any atom is 0.0957 e. The SMILES string of the molecule is CC1OCCC1(N)Cc1nc2ccccc2s1. The molecule has 90 valence electrons. The van der Waals surface area contributed by atoms with Crippen LogP contribution in [0, 0.1) is 0 Å². The predicted octanol–water partition coefficient (Wildman–Crippen LogP) is 2.35. The molecule has 1 aromatic heterocycles. The molecule has 0 saturated carbocycles. The molecule has 2 heterocycles. The highest BCUT2D eigenvalue weighted by Crippen LogP contribution is 2.30. The van der Waals surface area contributed by atoms with Crippen molar-refractivity contribution in [2.24, 2.45) is 5.73 Å². The molecule has 17 heavy (non-hydrogen) atoms. The lowest BCUT2D eigenvalue weighted by Crippen LogP contribution is -2.47. The number of thiazole rings is 1. The summed E-state index contributed by atoms with van der Waals surface area (Å²) in [6, 6.07) is 8.22. The Morgan fingerprint density at radius 3 is 3.06 bits per heavy atom. The summed E-state index contributed by atoms with van der Waals surface area (Å²) in [5.74, 6) is 0. The van der Waals surface area contributed by atoms with Crippen LogP contribution in [0.2, 0.25) is 0 Å². The molecule has 3 rings (SSSR count). The zero-order valence-corrected chi connectivity index (χ0v) is 10.7. The van der Waals surface area contributed by atoms with Crippen LogP contribution in [0.5, 0.6) is 0 Å². The lowest BCUT2D eigenvalue weighted by molar-refractivity contribution is 0.0955. The standard InChI is InChI=1S/C13H16N2OS/c1-9-13(14,6-7-16-9)8-12-15-10-4-2-3-5-11(10)17-12/h2-5,9H,6-8,14H2,1H3. The lowest BCUT2D eigenvalue weighted by Gasteiger charge is -2.26. The Kier molecular flexibility index (Phi) is 2.65. The molecule has 1 saturated heterocycles. The molecule has 3 nitrogen and oxygen atoms in total. The van der Waals surface area contributed by atoms with Crippen LogP contribution in [0.1, 0.15) is 18.4 Å². The average Bonchev–Trinajstić information content (AvgIpc) is 2.83. The molecule has 2 atom stereocenters. The third-order valence-corrected chi connectivity index (χ3v) is 4.60. The second-order valence-corrected chi connectivity index (χ2v) is 5.86. The number of ether oxygens (including phenoxy) is 1. The zero-order chi connectivity index (χ0) is 11.9. The Morgan fingerprint density at radius 1 is 1.53 bits per heavy atom. The number of benzene rings is 1. The zero-order valence-electron chi connectivity index (χ0n) is 9.85. The Morgan fingerprint density at radius 2 is 2.35 bits per heavy atom. The average molecular weight is 248 g/mol. The van der Waals surface area contributed by atoms with E-state index in [1.165, 1.54) is 4.70 Å². The quantitative estimate of drug-likeness (QED) is 0.887. The van der Waals surface area contributed by atoms with Crippen molar-refractivity contribution in [3.05, 3.63) is 29.3 Å². The van der Waals surface area contributed by atoms with Gasteiger partial charge in [-0.1, -0.05) is 12.1 Å². The van der Waals surface area contributed by atoms with Gasteiger partial charge in [-0.3, -0.25) is 0 Å². The fraction of sp³-hybridized carbons (Fsp3) is 0.462. The number of nitrogens with zero attached hydrogens (tertiary/aromatic N) is 1. The molecule has 0 radical (unpaired) electrons. The van der Waals surface area contributed by atoms with Crippen LogP contribution < -0.4 is 5.73 Å². The summed E-state index contributed by atoms with van der Waals surface area (Å²) < 4.78 is 6.80. The number of para-hydroxylation sites is 1. The Balaban J connectivity index is 1.89. The van der Waals surface area contributed by atoms with E-state index in [1.54, 1.807) is 11.3 Å². The van der Waals surface area contributed by atoms with Gasteiger partial charge in [0.15, 0.2) is 0 Å². The van der Waals surface area contributed by atoms with Gasteiger partial charge in [0, 0.05) is 13.0 Å². The Labute approximate surface area is 105 Å². The van der Waals surface area contributed by atoms with Crippen molar-refractivity contribution >= 4 is 21.6 Å². The van der Waals surface area contributed by atoms with Crippen molar-refractivity contribution in [3.63, 3.8) is 0 Å². The van der Waals surface area contributed by atoms with E-state index in [2.05, 4.69) is 18.0 Å². The Hall–Kier alpha value is -0.970. The maximum absolute atomic E-state index is 6.40. The lowest BCUT2D eigenvalue weighted by atomic mass is 9.90. The maximum atomic E-state index is 6.40. The number of rotatable bonds is 2. The summed E-state index contributed by atoms with van der Waals surface area (Å²) in [6.45, 7) is 2.82. The molecule has 0 amide bonds. The van der Waals surface area contributed by atoms with Gasteiger partial charge in [-0.2, -0.15) is 0 Å². The highest BCUT2D eigenvalue weighted by atomic mass is 32.1. The van der Waals surface area contributed by atoms with Crippen molar-refractivity contribution in [1.82, 2.24) is 4.98 Å². The summed E-state index contributed by atoms with van der Waals surface area (Å²) in [4.78, 5) is 4.64. The fourth-order valence-electron chi connectivity index (χ4n) is 2.30. The van der Waals surface area contributed by atoms with E-state index in [1.807, 2.05) is 18.2 Å². The smallest absolute Gasteiger partial charge is 0.0957 e. The first-order chi connectivity index (χ1) is 8.17. The van der Waals surface area contributed by atoms with Crippen molar-refractivity contribution < 1.29 is 4.74 Å². The van der Waals surface area contributed by atoms with Crippen molar-refractivity contribution in [1.29, 1.82) is 0 Å². The molecule has 2 unspecified atom stereocenters. The van der Waals surface area contributed by atoms with E-state index in [9.17, 15) is 0 Å². The van der Waals surface area contributed by atoms with Crippen LogP contribution in [-0.2, 0) is 11.2 Å². The number of fused-ring (bicyclic) bond motifs is 1. The van der Waals surface area contributed by atoms with Gasteiger partial charge < -0.3 is 10.5 Å². The molecular formula is C13H16N2OS. The van der Waals surface area contributed by atoms with E-state index in [0.717, 1.165) is 30.0 Å². The molecule has 4 heteroatoms. The first-order valence-electron chi connectivity index (χ1n) is 5.92. The fourth-order valence-corrected chi connectivity index (χ4v) is 3.41. The summed E-state index contributed by atoms with van der Waals surface area (Å²) >= 11 is 1.74. The normalized spacial score (nSPS) is 28.9. The first-order valence-corrected chi connectivity index (χ1v) is 6.74. The summed E-state index contributed by atoms with van der Waals surface area (Å²) in [5, 5.41) is 1.12. The van der Waals surface area contributed by atoms with Crippen molar-refractivity contribution in [2.75, 3.05) is 6.61 Å². The van der Waals surface area contributed by atoms with E-state index in [-0.39, 0.29) is 11.6 Å². The minimum Gasteiger partial charge on any atom is -0.377 e. The molecule has 1 aromatic carbocycles. The Bertz CT molecular complexity index is 506. The number of hydrogen-bond acceptors (Lipinski definition) is 4. The molecule has 0 spiro atoms. The van der Waals surface area contributed by atoms with Gasteiger partial charge in [0.2, 0.25) is 0 Å². The second kappa shape index (κ2) is 4.05. The van der Waals surface area contributed by atoms with Crippen LogP contribution in [0.4, 0.5) is 0 Å². The molecular weight excluding hydrogens is 232 g/mol. The number of hydrogen-bond donors (Lipinski definition) is 1. The molecule has 2 aromatic rings. The highest BCUT2D eigenvalue weighted by molar-refractivity contribution is 7.18. The van der Waals surface area contributed by atoms with Crippen LogP contribution >= 0.6 is 11.3 Å². The molecule has 2 N–H and O–H groups in total. The van der Waals surface area contributed by atoms with Gasteiger partial charge in [0.1, 0.15) is 0 Å². The van der Waals surface area contributed by atoms with E-state index < -0.39 is 0 Å². The third-order valence-electron chi connectivity index (χ3n) is 3.56. The molecule has 0 bridgehead atoms. The molecule has 1 aliphatic rings. The highest BCUT2D eigenvalue weighted by Gasteiger charge is 2.38. The first kappa shape index (κ1) is 11.1. The molecule has 1 fully saturated rings. The number of nitrogens with two attached hydrogens (primary N) is 1. The largest absolute Gasteiger partial charge is 0.377 e. The van der Waals surface area contributed by atoms with E-state index >= 15 is 0 Å². The second-order valence-electron chi connectivity index (χ2n) is 4.75. The van der Waals surface area contributed by atoms with Gasteiger partial charge in [0.25, 0.3) is 0 Å². The number of aromatic nitrogens is 1. The van der Waals surface area contributed by atoms with Gasteiger partial charge in [-0.25, -0.2) is 4.98 Å². The van der Waals surface area contributed by atoms with Crippen LogP contribution in [0.25, 0.3) is 10.2 Å². The van der Waals surface area contributed by atoms with Crippen LogP contribution in [0.15, 0.2) is 24.3 Å². The van der Waals surface area contributed by atoms with E-state index in [0.29, 0.717) is 0 Å². The van der Waals surface area contributed by atoms with Crippen LogP contribution in [-0.4, -0.2) is 23.2 Å². The minimum atomic E-state index is -0.242. The van der Waals surface area contributed by atoms with Crippen molar-refractivity contribution in [2.45, 2.75) is 31.4 Å². The van der Waals surface area contributed by atoms with Gasteiger partial charge >= 0.3 is 0 Å². The summed E-state index contributed by atoms with van der Waals surface area (Å²) in [7, 11) is 0. The van der Waals surface area contributed by atoms with Gasteiger partial charge in [0.05, 0.1) is 26.9 Å². The minimum absolute atomic E-state index is 0.120.